The number of aromatic nitrogens is 2. The van der Waals surface area contributed by atoms with Gasteiger partial charge in [-0.15, -0.1) is 11.3 Å². The first kappa shape index (κ1) is 20.9. The first-order valence-electron chi connectivity index (χ1n) is 9.86. The van der Waals surface area contributed by atoms with Crippen LogP contribution in [0.2, 0.25) is 0 Å². The summed E-state index contributed by atoms with van der Waals surface area (Å²) in [7, 11) is 0. The minimum atomic E-state index is -0.358. The normalized spacial score (nSPS) is 15.4. The quantitative estimate of drug-likeness (QED) is 0.457. The lowest BCUT2D eigenvalue weighted by Crippen LogP contribution is -2.36. The zero-order valence-electron chi connectivity index (χ0n) is 17.3. The van der Waals surface area contributed by atoms with Gasteiger partial charge in [0.05, 0.1) is 23.8 Å². The highest BCUT2D eigenvalue weighted by Crippen LogP contribution is 2.34. The van der Waals surface area contributed by atoms with Crippen LogP contribution in [0, 0.1) is 13.8 Å². The number of rotatable bonds is 5. The van der Waals surface area contributed by atoms with E-state index in [1.54, 1.807) is 11.3 Å². The summed E-state index contributed by atoms with van der Waals surface area (Å²) in [5.74, 6) is 0.371. The van der Waals surface area contributed by atoms with Gasteiger partial charge >= 0.3 is 0 Å². The van der Waals surface area contributed by atoms with Gasteiger partial charge in [-0.1, -0.05) is 11.8 Å². The van der Waals surface area contributed by atoms with Crippen molar-refractivity contribution in [1.82, 2.24) is 9.97 Å². The highest BCUT2D eigenvalue weighted by atomic mass is 32.2. The van der Waals surface area contributed by atoms with Crippen molar-refractivity contribution in [2.75, 3.05) is 42.3 Å². The Hall–Kier alpha value is -2.36. The minimum Gasteiger partial charge on any atom is -0.383 e. The average molecular weight is 444 g/mol. The second-order valence-electron chi connectivity index (χ2n) is 7.25. The van der Waals surface area contributed by atoms with Gasteiger partial charge in [-0.05, 0) is 50.6 Å². The van der Waals surface area contributed by atoms with E-state index in [9.17, 15) is 4.79 Å². The first-order valence-corrected chi connectivity index (χ1v) is 11.6. The highest BCUT2D eigenvalue weighted by Gasteiger charge is 2.19. The molecule has 0 unspecified atom stereocenters. The molecule has 1 aliphatic rings. The summed E-state index contributed by atoms with van der Waals surface area (Å²) in [6.45, 7) is 9.19. The monoisotopic (exact) mass is 443 g/mol. The largest absolute Gasteiger partial charge is 0.383 e. The van der Waals surface area contributed by atoms with Crippen LogP contribution in [0.3, 0.4) is 0 Å². The van der Waals surface area contributed by atoms with Crippen molar-refractivity contribution in [1.29, 1.82) is 0 Å². The number of hydrogen-bond acceptors (Lipinski definition) is 8. The molecule has 30 heavy (non-hydrogen) atoms. The number of carbonyl (C=O) groups excluding carboxylic acids is 1. The number of fused-ring (bicyclic) bond motifs is 1. The summed E-state index contributed by atoms with van der Waals surface area (Å²) in [5.41, 5.74) is 9.18. The Balaban J connectivity index is 1.41. The molecule has 3 N–H and O–H groups in total. The molecule has 0 saturated carbocycles. The highest BCUT2D eigenvalue weighted by molar-refractivity contribution is 8.00. The number of ether oxygens (including phenoxy) is 1. The summed E-state index contributed by atoms with van der Waals surface area (Å²) in [6, 6.07) is 7.91. The number of aryl methyl sites for hydroxylation is 2. The molecule has 0 spiro atoms. The summed E-state index contributed by atoms with van der Waals surface area (Å²) >= 11 is 2.91. The van der Waals surface area contributed by atoms with E-state index in [-0.39, 0.29) is 11.2 Å². The molecule has 0 radical (unpaired) electrons. The topological polar surface area (TPSA) is 93.4 Å². The molecule has 0 aliphatic carbocycles. The van der Waals surface area contributed by atoms with Gasteiger partial charge in [-0.2, -0.15) is 0 Å². The van der Waals surface area contributed by atoms with Crippen LogP contribution >= 0.6 is 23.1 Å². The van der Waals surface area contributed by atoms with Gasteiger partial charge in [0.15, 0.2) is 5.16 Å². The predicted molar refractivity (Wildman–Crippen MR) is 125 cm³/mol. The van der Waals surface area contributed by atoms with E-state index >= 15 is 0 Å². The second-order valence-corrected chi connectivity index (χ2v) is 9.76. The smallest absolute Gasteiger partial charge is 0.237 e. The minimum absolute atomic E-state index is 0.0973. The van der Waals surface area contributed by atoms with Crippen LogP contribution in [0.5, 0.6) is 0 Å². The maximum Gasteiger partial charge on any atom is 0.237 e. The van der Waals surface area contributed by atoms with Crippen LogP contribution in [0.4, 0.5) is 17.2 Å². The number of morpholine rings is 1. The van der Waals surface area contributed by atoms with Gasteiger partial charge in [0, 0.05) is 29.3 Å². The van der Waals surface area contributed by atoms with E-state index in [0.29, 0.717) is 11.0 Å². The average Bonchev–Trinajstić information content (AvgIpc) is 3.03. The maximum absolute atomic E-state index is 12.7. The lowest BCUT2D eigenvalue weighted by molar-refractivity contribution is -0.115. The Morgan fingerprint density at radius 2 is 1.93 bits per heavy atom. The number of nitrogens with one attached hydrogen (secondary N) is 1. The van der Waals surface area contributed by atoms with Crippen molar-refractivity contribution in [3.63, 3.8) is 0 Å². The van der Waals surface area contributed by atoms with E-state index in [4.69, 9.17) is 10.5 Å². The second kappa shape index (κ2) is 8.79. The molecule has 4 rings (SSSR count). The fourth-order valence-electron chi connectivity index (χ4n) is 3.35. The molecule has 7 nitrogen and oxygen atoms in total. The molecular weight excluding hydrogens is 418 g/mol. The lowest BCUT2D eigenvalue weighted by atomic mass is 10.2. The van der Waals surface area contributed by atoms with E-state index in [0.717, 1.165) is 53.5 Å². The SMILES string of the molecule is Cc1sc2nc(S[C@@H](C)C(=O)Nc3ccc(N4CCOCC4)cc3)nc(N)c2c1C. The van der Waals surface area contributed by atoms with Gasteiger partial charge < -0.3 is 20.7 Å². The number of carbonyl (C=O) groups is 1. The predicted octanol–water partition coefficient (Wildman–Crippen LogP) is 3.85. The number of anilines is 3. The maximum atomic E-state index is 12.7. The number of benzene rings is 1. The molecule has 1 aliphatic heterocycles. The van der Waals surface area contributed by atoms with E-state index in [2.05, 4.69) is 20.2 Å². The van der Waals surface area contributed by atoms with Crippen molar-refractivity contribution in [2.24, 2.45) is 0 Å². The molecule has 1 amide bonds. The summed E-state index contributed by atoms with van der Waals surface area (Å²) < 4.78 is 5.39. The van der Waals surface area contributed by atoms with Crippen LogP contribution in [-0.2, 0) is 9.53 Å². The van der Waals surface area contributed by atoms with Gasteiger partial charge in [0.2, 0.25) is 5.91 Å². The number of nitrogens with two attached hydrogens (primary N) is 1. The molecule has 1 fully saturated rings. The number of thiophene rings is 1. The molecule has 0 bridgehead atoms. The number of hydrogen-bond donors (Lipinski definition) is 2. The number of nitrogens with zero attached hydrogens (tertiary/aromatic N) is 3. The van der Waals surface area contributed by atoms with Crippen molar-refractivity contribution < 1.29 is 9.53 Å². The molecule has 2 aromatic heterocycles. The third-order valence-electron chi connectivity index (χ3n) is 5.20. The third-order valence-corrected chi connectivity index (χ3v) is 7.26. The Bertz CT molecular complexity index is 1060. The van der Waals surface area contributed by atoms with Crippen LogP contribution in [0.1, 0.15) is 17.4 Å². The fourth-order valence-corrected chi connectivity index (χ4v) is 5.22. The van der Waals surface area contributed by atoms with Gasteiger partial charge in [0.25, 0.3) is 0 Å². The summed E-state index contributed by atoms with van der Waals surface area (Å²) in [6.07, 6.45) is 0. The van der Waals surface area contributed by atoms with E-state index in [1.165, 1.54) is 16.6 Å². The molecule has 1 saturated heterocycles. The van der Waals surface area contributed by atoms with Gasteiger partial charge in [-0.3, -0.25) is 4.79 Å². The van der Waals surface area contributed by atoms with Crippen molar-refractivity contribution in [2.45, 2.75) is 31.2 Å². The Morgan fingerprint density at radius 3 is 2.63 bits per heavy atom. The summed E-state index contributed by atoms with van der Waals surface area (Å²) in [5, 5.41) is 4.05. The third kappa shape index (κ3) is 4.38. The first-order chi connectivity index (χ1) is 14.4. The standard InChI is InChI=1S/C21H25N5O2S2/c1-12-13(2)29-20-17(12)18(22)24-21(25-20)30-14(3)19(27)23-15-4-6-16(7-5-15)26-8-10-28-11-9-26/h4-7,14H,8-11H2,1-3H3,(H,23,27)(H2,22,24,25)/t14-/m0/s1. The van der Waals surface area contributed by atoms with Crippen molar-refractivity contribution >= 4 is 56.4 Å². The Labute approximate surface area is 184 Å². The van der Waals surface area contributed by atoms with Gasteiger partial charge in [0.1, 0.15) is 10.6 Å². The Kier molecular flexibility index (Phi) is 6.12. The molecule has 3 aromatic rings. The van der Waals surface area contributed by atoms with Crippen molar-refractivity contribution in [3.05, 3.63) is 34.7 Å². The molecule has 1 atom stereocenters. The Morgan fingerprint density at radius 1 is 1.23 bits per heavy atom. The molecule has 9 heteroatoms. The zero-order valence-corrected chi connectivity index (χ0v) is 18.9. The van der Waals surface area contributed by atoms with Crippen LogP contribution < -0.4 is 16.0 Å². The number of thioether (sulfide) groups is 1. The fraction of sp³-hybridized carbons (Fsp3) is 0.381. The van der Waals surface area contributed by atoms with Crippen LogP contribution in [0.25, 0.3) is 10.2 Å². The lowest BCUT2D eigenvalue weighted by Gasteiger charge is -2.28. The summed E-state index contributed by atoms with van der Waals surface area (Å²) in [4.78, 5) is 26.0. The van der Waals surface area contributed by atoms with E-state index < -0.39 is 0 Å². The molecule has 158 valence electrons. The van der Waals surface area contributed by atoms with Gasteiger partial charge in [-0.25, -0.2) is 9.97 Å². The zero-order chi connectivity index (χ0) is 21.3. The number of amides is 1. The number of nitrogen functional groups attached to an aromatic ring is 1. The van der Waals surface area contributed by atoms with Crippen molar-refractivity contribution in [3.8, 4) is 0 Å². The van der Waals surface area contributed by atoms with E-state index in [1.807, 2.05) is 45.0 Å². The van der Waals surface area contributed by atoms with Crippen LogP contribution in [0.15, 0.2) is 29.4 Å². The van der Waals surface area contributed by atoms with Crippen LogP contribution in [-0.4, -0.2) is 47.4 Å². The molecule has 1 aromatic carbocycles. The molecule has 3 heterocycles. The molecular formula is C21H25N5O2S2.